The van der Waals surface area contributed by atoms with Gasteiger partial charge in [0, 0.05) is 31.6 Å². The van der Waals surface area contributed by atoms with Crippen molar-refractivity contribution in [2.45, 2.75) is 71.8 Å². The maximum atomic E-state index is 11.8. The third kappa shape index (κ3) is 8.13. The Kier molecular flexibility index (Phi) is 7.13. The van der Waals surface area contributed by atoms with E-state index in [0.717, 1.165) is 0 Å². The Hall–Kier alpha value is -1.93. The lowest BCUT2D eigenvalue weighted by atomic mass is 10.0. The third-order valence-corrected chi connectivity index (χ3v) is 3.14. The number of rotatable bonds is 8. The predicted octanol–water partition coefficient (Wildman–Crippen LogP) is 2.93. The first-order valence-corrected chi connectivity index (χ1v) is 8.28. The van der Waals surface area contributed by atoms with E-state index in [2.05, 4.69) is 5.32 Å². The van der Waals surface area contributed by atoms with Crippen molar-refractivity contribution in [1.29, 1.82) is 0 Å². The Bertz CT molecular complexity index is 542. The molecule has 0 fully saturated rings. The van der Waals surface area contributed by atoms with Gasteiger partial charge in [-0.2, -0.15) is 0 Å². The topological polar surface area (TPSA) is 102 Å². The molecular formula is C17H30N2O6. The summed E-state index contributed by atoms with van der Waals surface area (Å²) in [6.07, 6.45) is -0.506. The van der Waals surface area contributed by atoms with Crippen LogP contribution in [-0.2, 0) is 21.1 Å². The molecule has 3 N–H and O–H groups in total. The van der Waals surface area contributed by atoms with Crippen LogP contribution in [-0.4, -0.2) is 44.7 Å². The van der Waals surface area contributed by atoms with Crippen molar-refractivity contribution in [2.75, 3.05) is 6.54 Å². The van der Waals surface area contributed by atoms with Crippen LogP contribution in [0.4, 0.5) is 4.79 Å². The Balaban J connectivity index is 2.33. The van der Waals surface area contributed by atoms with Gasteiger partial charge in [-0.05, 0) is 41.5 Å². The van der Waals surface area contributed by atoms with Gasteiger partial charge in [0.05, 0.1) is 5.60 Å². The van der Waals surface area contributed by atoms with Gasteiger partial charge in [-0.15, -0.1) is 0 Å². The summed E-state index contributed by atoms with van der Waals surface area (Å²) < 4.78 is 6.55. The molecule has 1 heterocycles. The summed E-state index contributed by atoms with van der Waals surface area (Å²) in [5.41, 5.74) is -1.04. The van der Waals surface area contributed by atoms with E-state index in [1.807, 2.05) is 34.6 Å². The lowest BCUT2D eigenvalue weighted by Gasteiger charge is -2.30. The fraction of sp³-hybridized carbons (Fsp3) is 0.706. The number of amides is 1. The van der Waals surface area contributed by atoms with Crippen molar-refractivity contribution in [3.05, 3.63) is 12.1 Å². The summed E-state index contributed by atoms with van der Waals surface area (Å²) in [5.74, 6) is -0.141. The van der Waals surface area contributed by atoms with Crippen LogP contribution in [0.1, 0.15) is 48.0 Å². The lowest BCUT2D eigenvalue weighted by Crippen LogP contribution is -2.36. The summed E-state index contributed by atoms with van der Waals surface area (Å²) in [6, 6.07) is 2.74. The summed E-state index contributed by atoms with van der Waals surface area (Å²) in [5, 5.41) is 21.6. The summed E-state index contributed by atoms with van der Waals surface area (Å²) in [7, 11) is 0. The number of nitrogens with zero attached hydrogens (tertiary/aromatic N) is 1. The molecule has 1 atom stereocenters. The van der Waals surface area contributed by atoms with Gasteiger partial charge in [-0.3, -0.25) is 4.57 Å². The zero-order valence-electron chi connectivity index (χ0n) is 15.8. The molecule has 25 heavy (non-hydrogen) atoms. The number of aromatic hydroxyl groups is 2. The second kappa shape index (κ2) is 8.44. The van der Waals surface area contributed by atoms with E-state index in [1.54, 1.807) is 6.92 Å². The van der Waals surface area contributed by atoms with Crippen molar-refractivity contribution in [2.24, 2.45) is 0 Å². The number of carbonyl (C=O) groups is 1. The van der Waals surface area contributed by atoms with E-state index in [1.165, 1.54) is 16.7 Å². The molecule has 8 heteroatoms. The molecule has 1 unspecified atom stereocenters. The van der Waals surface area contributed by atoms with Gasteiger partial charge >= 0.3 is 6.09 Å². The SMILES string of the molecule is CC(CC(C)(C)OOC(C)(C)C)OC(=O)NCCn1c(O)ccc1O. The first-order chi connectivity index (χ1) is 11.4. The second-order valence-electron chi connectivity index (χ2n) is 7.59. The van der Waals surface area contributed by atoms with Crippen LogP contribution in [0.25, 0.3) is 0 Å². The maximum absolute atomic E-state index is 11.8. The molecule has 1 rings (SSSR count). The maximum Gasteiger partial charge on any atom is 0.407 e. The first-order valence-electron chi connectivity index (χ1n) is 8.28. The average molecular weight is 358 g/mol. The zero-order valence-corrected chi connectivity index (χ0v) is 15.8. The van der Waals surface area contributed by atoms with Crippen LogP contribution in [0.5, 0.6) is 11.8 Å². The highest BCUT2D eigenvalue weighted by Gasteiger charge is 2.27. The minimum absolute atomic E-state index is 0.0706. The summed E-state index contributed by atoms with van der Waals surface area (Å²) >= 11 is 0. The van der Waals surface area contributed by atoms with Gasteiger partial charge < -0.3 is 20.3 Å². The molecule has 0 bridgehead atoms. The van der Waals surface area contributed by atoms with Crippen molar-refractivity contribution in [3.63, 3.8) is 0 Å². The molecular weight excluding hydrogens is 328 g/mol. The third-order valence-electron chi connectivity index (χ3n) is 3.14. The number of hydrogen-bond donors (Lipinski definition) is 3. The number of nitrogens with one attached hydrogen (secondary N) is 1. The fourth-order valence-corrected chi connectivity index (χ4v) is 2.18. The van der Waals surface area contributed by atoms with E-state index in [0.29, 0.717) is 6.42 Å². The van der Waals surface area contributed by atoms with E-state index >= 15 is 0 Å². The van der Waals surface area contributed by atoms with Crippen LogP contribution < -0.4 is 5.32 Å². The van der Waals surface area contributed by atoms with Gasteiger partial charge in [0.2, 0.25) is 0 Å². The molecule has 8 nitrogen and oxygen atoms in total. The number of ether oxygens (including phenoxy) is 1. The lowest BCUT2D eigenvalue weighted by molar-refractivity contribution is -0.399. The molecule has 0 saturated heterocycles. The minimum Gasteiger partial charge on any atom is -0.494 e. The molecule has 1 aromatic heterocycles. The molecule has 0 radical (unpaired) electrons. The smallest absolute Gasteiger partial charge is 0.407 e. The quantitative estimate of drug-likeness (QED) is 0.488. The molecule has 144 valence electrons. The van der Waals surface area contributed by atoms with E-state index < -0.39 is 17.3 Å². The van der Waals surface area contributed by atoms with Crippen LogP contribution in [0.2, 0.25) is 0 Å². The van der Waals surface area contributed by atoms with Crippen molar-refractivity contribution >= 4 is 6.09 Å². The zero-order chi connectivity index (χ0) is 19.3. The van der Waals surface area contributed by atoms with Crippen LogP contribution in [0.15, 0.2) is 12.1 Å². The normalized spacial score (nSPS) is 13.5. The monoisotopic (exact) mass is 358 g/mol. The van der Waals surface area contributed by atoms with Crippen molar-refractivity contribution in [1.82, 2.24) is 9.88 Å². The van der Waals surface area contributed by atoms with Crippen LogP contribution in [0, 0.1) is 0 Å². The van der Waals surface area contributed by atoms with E-state index in [-0.39, 0.29) is 31.0 Å². The highest BCUT2D eigenvalue weighted by Crippen LogP contribution is 2.22. The predicted molar refractivity (Wildman–Crippen MR) is 92.3 cm³/mol. The number of alkyl carbamates (subject to hydrolysis) is 1. The Morgan fingerprint density at radius 3 is 2.24 bits per heavy atom. The largest absolute Gasteiger partial charge is 0.494 e. The number of hydrogen-bond acceptors (Lipinski definition) is 6. The van der Waals surface area contributed by atoms with Gasteiger partial charge in [-0.25, -0.2) is 14.6 Å². The Morgan fingerprint density at radius 1 is 1.16 bits per heavy atom. The molecule has 0 aliphatic rings. The van der Waals surface area contributed by atoms with Gasteiger partial charge in [-0.1, -0.05) is 0 Å². The Morgan fingerprint density at radius 2 is 1.72 bits per heavy atom. The van der Waals surface area contributed by atoms with Crippen molar-refractivity contribution in [3.8, 4) is 11.8 Å². The molecule has 1 amide bonds. The summed E-state index contributed by atoms with van der Waals surface area (Å²) in [4.78, 5) is 22.6. The number of aromatic nitrogens is 1. The van der Waals surface area contributed by atoms with Gasteiger partial charge in [0.25, 0.3) is 0 Å². The highest BCUT2D eigenvalue weighted by atomic mass is 17.2. The number of carbonyl (C=O) groups excluding carboxylic acids is 1. The molecule has 0 aliphatic heterocycles. The molecule has 0 saturated carbocycles. The molecule has 0 spiro atoms. The molecule has 0 aliphatic carbocycles. The van der Waals surface area contributed by atoms with Gasteiger partial charge in [0.1, 0.15) is 11.7 Å². The highest BCUT2D eigenvalue weighted by molar-refractivity contribution is 5.67. The van der Waals surface area contributed by atoms with Crippen molar-refractivity contribution < 1.29 is 29.5 Å². The Labute approximate surface area is 148 Å². The molecule has 0 aromatic carbocycles. The standard InChI is InChI=1S/C17H30N2O6/c1-12(11-17(5,6)25-24-16(2,3)4)23-15(22)18-9-10-19-13(20)7-8-14(19)21/h7-8,12,20-21H,9-11H2,1-6H3,(H,18,22). The van der Waals surface area contributed by atoms with Crippen LogP contribution in [0.3, 0.4) is 0 Å². The minimum atomic E-state index is -0.615. The second-order valence-corrected chi connectivity index (χ2v) is 7.59. The fourth-order valence-electron chi connectivity index (χ4n) is 2.18. The van der Waals surface area contributed by atoms with E-state index in [4.69, 9.17) is 14.5 Å². The first kappa shape index (κ1) is 21.1. The van der Waals surface area contributed by atoms with Crippen LogP contribution >= 0.6 is 0 Å². The summed E-state index contributed by atoms with van der Waals surface area (Å²) in [6.45, 7) is 11.6. The van der Waals surface area contributed by atoms with Gasteiger partial charge in [0.15, 0.2) is 11.8 Å². The van der Waals surface area contributed by atoms with E-state index in [9.17, 15) is 15.0 Å². The average Bonchev–Trinajstić information content (AvgIpc) is 2.75. The molecule has 1 aromatic rings.